The van der Waals surface area contributed by atoms with Crippen molar-refractivity contribution in [3.05, 3.63) is 0 Å². The Morgan fingerprint density at radius 3 is 2.67 bits per heavy atom. The van der Waals surface area contributed by atoms with E-state index >= 15 is 0 Å². The first-order valence-electron chi connectivity index (χ1n) is 5.95. The number of nitrogens with one attached hydrogen (secondary N) is 1. The first-order chi connectivity index (χ1) is 6.99. The van der Waals surface area contributed by atoms with Gasteiger partial charge in [-0.3, -0.25) is 0 Å². The summed E-state index contributed by atoms with van der Waals surface area (Å²) in [7, 11) is 4.30. The van der Waals surface area contributed by atoms with Crippen LogP contribution in [0.4, 0.5) is 0 Å². The Balaban J connectivity index is 2.21. The number of nitrogens with zero attached hydrogens (tertiary/aromatic N) is 1. The Hall–Kier alpha value is 0.270. The summed E-state index contributed by atoms with van der Waals surface area (Å²) in [5.74, 6) is 2.66. The molecule has 0 aliphatic carbocycles. The lowest BCUT2D eigenvalue weighted by molar-refractivity contribution is 0.225. The van der Waals surface area contributed by atoms with Gasteiger partial charge in [0, 0.05) is 24.9 Å². The minimum Gasteiger partial charge on any atom is -0.313 e. The fourth-order valence-electron chi connectivity index (χ4n) is 2.23. The van der Waals surface area contributed by atoms with Crippen LogP contribution in [0.5, 0.6) is 0 Å². The first-order valence-corrected chi connectivity index (χ1v) is 7.11. The normalized spacial score (nSPS) is 23.4. The second-order valence-corrected chi connectivity index (χ2v) is 6.85. The molecule has 0 amide bonds. The van der Waals surface area contributed by atoms with E-state index in [1.807, 2.05) is 0 Å². The van der Waals surface area contributed by atoms with E-state index in [4.69, 9.17) is 0 Å². The Kier molecular flexibility index (Phi) is 5.44. The molecule has 0 aromatic heterocycles. The number of hydrogen-bond acceptors (Lipinski definition) is 3. The second kappa shape index (κ2) is 6.12. The Morgan fingerprint density at radius 2 is 2.13 bits per heavy atom. The maximum absolute atomic E-state index is 3.72. The van der Waals surface area contributed by atoms with E-state index in [0.29, 0.717) is 5.41 Å². The van der Waals surface area contributed by atoms with E-state index in [1.54, 1.807) is 0 Å². The van der Waals surface area contributed by atoms with Crippen molar-refractivity contribution in [3.63, 3.8) is 0 Å². The molecule has 1 saturated heterocycles. The van der Waals surface area contributed by atoms with Crippen molar-refractivity contribution in [3.8, 4) is 0 Å². The van der Waals surface area contributed by atoms with Crippen molar-refractivity contribution >= 4 is 11.8 Å². The van der Waals surface area contributed by atoms with Crippen molar-refractivity contribution in [1.82, 2.24) is 10.2 Å². The predicted octanol–water partition coefficient (Wildman–Crippen LogP) is 2.06. The van der Waals surface area contributed by atoms with E-state index in [0.717, 1.165) is 19.1 Å². The molecule has 1 aliphatic rings. The molecule has 1 atom stereocenters. The molecule has 1 rings (SSSR count). The molecule has 0 aromatic carbocycles. The highest BCUT2D eigenvalue weighted by atomic mass is 32.2. The molecule has 1 N–H and O–H groups in total. The fraction of sp³-hybridized carbons (Fsp3) is 1.00. The predicted molar refractivity (Wildman–Crippen MR) is 70.7 cm³/mol. The zero-order valence-corrected chi connectivity index (χ0v) is 11.5. The van der Waals surface area contributed by atoms with E-state index < -0.39 is 0 Å². The third-order valence-corrected chi connectivity index (χ3v) is 3.99. The number of thioether (sulfide) groups is 1. The van der Waals surface area contributed by atoms with Crippen molar-refractivity contribution in [2.75, 3.05) is 38.7 Å². The fourth-order valence-corrected chi connectivity index (χ4v) is 3.34. The number of hydrogen-bond donors (Lipinski definition) is 1. The summed E-state index contributed by atoms with van der Waals surface area (Å²) in [6.45, 7) is 6.97. The minimum atomic E-state index is 0.381. The Labute approximate surface area is 99.2 Å². The van der Waals surface area contributed by atoms with Crippen LogP contribution in [0.1, 0.15) is 26.7 Å². The SMILES string of the molecule is CN(C)CC(C)(C)CN[C@H]1CCCSC1. The lowest BCUT2D eigenvalue weighted by Crippen LogP contribution is -2.43. The maximum atomic E-state index is 3.72. The zero-order valence-electron chi connectivity index (χ0n) is 10.7. The first kappa shape index (κ1) is 13.3. The van der Waals surface area contributed by atoms with Gasteiger partial charge in [0.1, 0.15) is 0 Å². The van der Waals surface area contributed by atoms with E-state index in [9.17, 15) is 0 Å². The molecule has 90 valence electrons. The molecule has 0 radical (unpaired) electrons. The lowest BCUT2D eigenvalue weighted by Gasteiger charge is -2.32. The summed E-state index contributed by atoms with van der Waals surface area (Å²) >= 11 is 2.09. The molecule has 1 aliphatic heterocycles. The van der Waals surface area contributed by atoms with Gasteiger partial charge < -0.3 is 10.2 Å². The minimum absolute atomic E-state index is 0.381. The smallest absolute Gasteiger partial charge is 0.0158 e. The van der Waals surface area contributed by atoms with Crippen LogP contribution in [0.25, 0.3) is 0 Å². The largest absolute Gasteiger partial charge is 0.313 e. The van der Waals surface area contributed by atoms with Crippen molar-refractivity contribution < 1.29 is 0 Å². The molecule has 0 aromatic rings. The molecular formula is C12H26N2S. The summed E-state index contributed by atoms with van der Waals surface area (Å²) in [4.78, 5) is 2.28. The summed E-state index contributed by atoms with van der Waals surface area (Å²) < 4.78 is 0. The average molecular weight is 230 g/mol. The van der Waals surface area contributed by atoms with Gasteiger partial charge in [0.2, 0.25) is 0 Å². The standard InChI is InChI=1S/C12H26N2S/c1-12(2,10-14(3)4)9-13-11-6-5-7-15-8-11/h11,13H,5-10H2,1-4H3/t11-/m0/s1. The van der Waals surface area contributed by atoms with Crippen molar-refractivity contribution in [2.45, 2.75) is 32.7 Å². The lowest BCUT2D eigenvalue weighted by atomic mass is 9.92. The molecule has 0 unspecified atom stereocenters. The third-order valence-electron chi connectivity index (χ3n) is 2.77. The topological polar surface area (TPSA) is 15.3 Å². The van der Waals surface area contributed by atoms with E-state index in [2.05, 4.69) is 49.9 Å². The van der Waals surface area contributed by atoms with Gasteiger partial charge in [-0.15, -0.1) is 0 Å². The quantitative estimate of drug-likeness (QED) is 0.778. The highest BCUT2D eigenvalue weighted by Crippen LogP contribution is 2.19. The highest BCUT2D eigenvalue weighted by molar-refractivity contribution is 7.99. The molecule has 1 fully saturated rings. The summed E-state index contributed by atoms with van der Waals surface area (Å²) in [6.07, 6.45) is 2.75. The third kappa shape index (κ3) is 5.79. The van der Waals surface area contributed by atoms with E-state index in [1.165, 1.54) is 24.3 Å². The summed E-state index contributed by atoms with van der Waals surface area (Å²) in [5.41, 5.74) is 0.381. The molecule has 3 heteroatoms. The van der Waals surface area contributed by atoms with Crippen LogP contribution in [-0.2, 0) is 0 Å². The number of rotatable bonds is 5. The summed E-state index contributed by atoms with van der Waals surface area (Å²) in [5, 5.41) is 3.72. The average Bonchev–Trinajstić information content (AvgIpc) is 2.15. The van der Waals surface area contributed by atoms with Gasteiger partial charge in [-0.05, 0) is 38.1 Å². The molecule has 0 bridgehead atoms. The van der Waals surface area contributed by atoms with Crippen LogP contribution in [0, 0.1) is 5.41 Å². The van der Waals surface area contributed by atoms with Crippen molar-refractivity contribution in [2.24, 2.45) is 5.41 Å². The van der Waals surface area contributed by atoms with Gasteiger partial charge in [0.15, 0.2) is 0 Å². The molecule has 15 heavy (non-hydrogen) atoms. The molecule has 0 spiro atoms. The monoisotopic (exact) mass is 230 g/mol. The van der Waals surface area contributed by atoms with Crippen LogP contribution in [-0.4, -0.2) is 49.6 Å². The Morgan fingerprint density at radius 1 is 1.40 bits per heavy atom. The van der Waals surface area contributed by atoms with Crippen LogP contribution in [0.15, 0.2) is 0 Å². The van der Waals surface area contributed by atoms with Gasteiger partial charge >= 0.3 is 0 Å². The van der Waals surface area contributed by atoms with Crippen LogP contribution in [0.3, 0.4) is 0 Å². The van der Waals surface area contributed by atoms with Gasteiger partial charge in [0.25, 0.3) is 0 Å². The van der Waals surface area contributed by atoms with Gasteiger partial charge in [0.05, 0.1) is 0 Å². The molecule has 1 heterocycles. The second-order valence-electron chi connectivity index (χ2n) is 5.70. The van der Waals surface area contributed by atoms with Gasteiger partial charge in [-0.2, -0.15) is 11.8 Å². The Bertz CT molecular complexity index is 174. The van der Waals surface area contributed by atoms with Gasteiger partial charge in [-0.1, -0.05) is 13.8 Å². The zero-order chi connectivity index (χ0) is 11.3. The van der Waals surface area contributed by atoms with E-state index in [-0.39, 0.29) is 0 Å². The molecule has 0 saturated carbocycles. The van der Waals surface area contributed by atoms with Crippen LogP contribution < -0.4 is 5.32 Å². The maximum Gasteiger partial charge on any atom is 0.0158 e. The highest BCUT2D eigenvalue weighted by Gasteiger charge is 2.21. The van der Waals surface area contributed by atoms with Crippen LogP contribution >= 0.6 is 11.8 Å². The van der Waals surface area contributed by atoms with Gasteiger partial charge in [-0.25, -0.2) is 0 Å². The summed E-state index contributed by atoms with van der Waals surface area (Å²) in [6, 6.07) is 0.755. The molecule has 2 nitrogen and oxygen atoms in total. The van der Waals surface area contributed by atoms with Crippen molar-refractivity contribution in [1.29, 1.82) is 0 Å². The van der Waals surface area contributed by atoms with Crippen LogP contribution in [0.2, 0.25) is 0 Å². The molecular weight excluding hydrogens is 204 g/mol.